The molecule has 0 aliphatic carbocycles. The summed E-state index contributed by atoms with van der Waals surface area (Å²) in [6.07, 6.45) is -1.98. The zero-order valence-electron chi connectivity index (χ0n) is 18.0. The molecule has 0 saturated carbocycles. The van der Waals surface area contributed by atoms with Crippen molar-refractivity contribution in [2.24, 2.45) is 0 Å². The number of carbonyl (C=O) groups excluding carboxylic acids is 1. The topological polar surface area (TPSA) is 64.7 Å². The smallest absolute Gasteiger partial charge is 0.348 e. The van der Waals surface area contributed by atoms with Gasteiger partial charge in [0.2, 0.25) is 0 Å². The Morgan fingerprint density at radius 2 is 1.67 bits per heavy atom. The van der Waals surface area contributed by atoms with Gasteiger partial charge in [-0.25, -0.2) is 4.68 Å². The first-order valence-corrected chi connectivity index (χ1v) is 10.4. The second-order valence-corrected chi connectivity index (χ2v) is 7.77. The van der Waals surface area contributed by atoms with Crippen LogP contribution < -0.4 is 5.32 Å². The number of amides is 1. The fraction of sp³-hybridized carbons (Fsp3) is 0.208. The van der Waals surface area contributed by atoms with Crippen LogP contribution in [0.5, 0.6) is 0 Å². The molecule has 1 amide bonds. The first kappa shape index (κ1) is 22.3. The number of hydrogen-bond acceptors (Lipinski definition) is 3. The Morgan fingerprint density at radius 3 is 2.27 bits per heavy atom. The summed E-state index contributed by atoms with van der Waals surface area (Å²) < 4.78 is 43.4. The summed E-state index contributed by atoms with van der Waals surface area (Å²) >= 11 is 0. The monoisotopic (exact) mass is 453 g/mol. The first-order chi connectivity index (χ1) is 15.8. The van der Waals surface area contributed by atoms with E-state index in [1.54, 1.807) is 24.7 Å². The van der Waals surface area contributed by atoms with Gasteiger partial charge in [0.15, 0.2) is 5.69 Å². The minimum Gasteiger partial charge on any atom is -0.348 e. The van der Waals surface area contributed by atoms with Gasteiger partial charge in [0, 0.05) is 29.9 Å². The molecule has 4 rings (SSSR count). The van der Waals surface area contributed by atoms with Crippen molar-refractivity contribution >= 4 is 5.91 Å². The molecule has 9 heteroatoms. The minimum atomic E-state index is -4.71. The van der Waals surface area contributed by atoms with Gasteiger partial charge in [-0.3, -0.25) is 9.48 Å². The molecule has 0 bridgehead atoms. The van der Waals surface area contributed by atoms with Crippen molar-refractivity contribution in [3.05, 3.63) is 89.9 Å². The first-order valence-electron chi connectivity index (χ1n) is 10.4. The number of halogens is 3. The number of para-hydroxylation sites is 1. The highest BCUT2D eigenvalue weighted by molar-refractivity contribution is 5.95. The fourth-order valence-electron chi connectivity index (χ4n) is 3.56. The van der Waals surface area contributed by atoms with Crippen molar-refractivity contribution in [3.63, 3.8) is 0 Å². The van der Waals surface area contributed by atoms with E-state index in [1.165, 1.54) is 0 Å². The molecule has 170 valence electrons. The van der Waals surface area contributed by atoms with E-state index in [-0.39, 0.29) is 6.54 Å². The summed E-state index contributed by atoms with van der Waals surface area (Å²) in [6, 6.07) is 18.3. The van der Waals surface area contributed by atoms with Crippen molar-refractivity contribution in [1.29, 1.82) is 0 Å². The highest BCUT2D eigenvalue weighted by Gasteiger charge is 2.40. The average Bonchev–Trinajstić information content (AvgIpc) is 3.44. The van der Waals surface area contributed by atoms with Gasteiger partial charge in [0.1, 0.15) is 0 Å². The van der Waals surface area contributed by atoms with E-state index >= 15 is 0 Å². The van der Waals surface area contributed by atoms with Gasteiger partial charge in [-0.1, -0.05) is 48.5 Å². The van der Waals surface area contributed by atoms with Gasteiger partial charge >= 0.3 is 6.18 Å². The lowest BCUT2D eigenvalue weighted by Crippen LogP contribution is -2.27. The van der Waals surface area contributed by atoms with Crippen LogP contribution in [0.3, 0.4) is 0 Å². The Morgan fingerprint density at radius 1 is 1.03 bits per heavy atom. The number of nitrogens with one attached hydrogen (secondary N) is 1. The maximum Gasteiger partial charge on any atom is 0.433 e. The third-order valence-electron chi connectivity index (χ3n) is 5.10. The van der Waals surface area contributed by atoms with Gasteiger partial charge in [0.05, 0.1) is 23.1 Å². The van der Waals surface area contributed by atoms with Crippen molar-refractivity contribution in [2.45, 2.75) is 32.6 Å². The van der Waals surface area contributed by atoms with Crippen LogP contribution in [0, 0.1) is 0 Å². The number of benzene rings is 2. The molecule has 0 atom stereocenters. The van der Waals surface area contributed by atoms with Crippen molar-refractivity contribution < 1.29 is 18.0 Å². The number of hydrogen-bond donors (Lipinski definition) is 1. The van der Waals surface area contributed by atoms with Crippen LogP contribution >= 0.6 is 0 Å². The molecule has 0 spiro atoms. The van der Waals surface area contributed by atoms with Crippen LogP contribution in [-0.4, -0.2) is 25.5 Å². The lowest BCUT2D eigenvalue weighted by atomic mass is 10.1. The molecule has 2 aromatic carbocycles. The number of alkyl halides is 3. The normalized spacial score (nSPS) is 11.7. The molecule has 4 aromatic rings. The summed E-state index contributed by atoms with van der Waals surface area (Å²) in [6.45, 7) is 3.15. The van der Waals surface area contributed by atoms with E-state index < -0.39 is 29.4 Å². The SMILES string of the molecule is CC(C)n1ncc(C(=O)NCc2cn(-c3ccccc3)nc2-c2ccccc2)c1C(F)(F)F. The standard InChI is InChI=1S/C24H22F3N5O/c1-16(2)32-22(24(25,26)27)20(14-29-32)23(33)28-13-18-15-31(19-11-7-4-8-12-19)30-21(18)17-9-5-3-6-10-17/h3-12,14-16H,13H2,1-2H3,(H,28,33). The van der Waals surface area contributed by atoms with Gasteiger partial charge in [-0.15, -0.1) is 0 Å². The third kappa shape index (κ3) is 4.67. The molecule has 0 radical (unpaired) electrons. The molecule has 0 unspecified atom stereocenters. The predicted molar refractivity (Wildman–Crippen MR) is 118 cm³/mol. The zero-order valence-corrected chi connectivity index (χ0v) is 18.0. The van der Waals surface area contributed by atoms with Gasteiger partial charge in [0.25, 0.3) is 5.91 Å². The molecular weight excluding hydrogens is 431 g/mol. The van der Waals surface area contributed by atoms with Crippen molar-refractivity contribution in [2.75, 3.05) is 0 Å². The highest BCUT2D eigenvalue weighted by Crippen LogP contribution is 2.33. The van der Waals surface area contributed by atoms with Gasteiger partial charge in [-0.05, 0) is 26.0 Å². The van der Waals surface area contributed by atoms with Crippen molar-refractivity contribution in [3.8, 4) is 16.9 Å². The van der Waals surface area contributed by atoms with Crippen molar-refractivity contribution in [1.82, 2.24) is 24.9 Å². The zero-order chi connectivity index (χ0) is 23.6. The quantitative estimate of drug-likeness (QED) is 0.433. The number of carbonyl (C=O) groups is 1. The predicted octanol–water partition coefficient (Wildman–Crippen LogP) is 5.27. The summed E-state index contributed by atoms with van der Waals surface area (Å²) in [4.78, 5) is 12.8. The maximum absolute atomic E-state index is 13.6. The van der Waals surface area contributed by atoms with E-state index in [0.717, 1.165) is 22.1 Å². The Labute approximate surface area is 188 Å². The molecule has 33 heavy (non-hydrogen) atoms. The van der Waals surface area contributed by atoms with E-state index in [2.05, 4.69) is 15.5 Å². The van der Waals surface area contributed by atoms with Crippen LogP contribution in [0.25, 0.3) is 16.9 Å². The maximum atomic E-state index is 13.6. The minimum absolute atomic E-state index is 0.0000498. The number of aromatic nitrogens is 4. The third-order valence-corrected chi connectivity index (χ3v) is 5.10. The van der Waals surface area contributed by atoms with Gasteiger partial charge in [-0.2, -0.15) is 23.4 Å². The molecule has 0 aliphatic rings. The van der Waals surface area contributed by atoms with E-state index in [9.17, 15) is 18.0 Å². The Hall–Kier alpha value is -3.88. The second-order valence-electron chi connectivity index (χ2n) is 7.77. The lowest BCUT2D eigenvalue weighted by Gasteiger charge is -2.15. The van der Waals surface area contributed by atoms with Gasteiger partial charge < -0.3 is 5.32 Å². The molecule has 2 aromatic heterocycles. The van der Waals surface area contributed by atoms with E-state index in [4.69, 9.17) is 0 Å². The Balaban J connectivity index is 1.65. The molecular formula is C24H22F3N5O. The summed E-state index contributed by atoms with van der Waals surface area (Å²) in [5.41, 5.74) is 1.40. The molecule has 1 N–H and O–H groups in total. The summed E-state index contributed by atoms with van der Waals surface area (Å²) in [5.74, 6) is -0.847. The molecule has 0 aliphatic heterocycles. The Bertz CT molecular complexity index is 1240. The van der Waals surface area contributed by atoms with Crippen LogP contribution in [0.15, 0.2) is 73.1 Å². The average molecular weight is 453 g/mol. The Kier molecular flexibility index (Phi) is 6.04. The molecule has 2 heterocycles. The largest absolute Gasteiger partial charge is 0.433 e. The number of rotatable bonds is 6. The highest BCUT2D eigenvalue weighted by atomic mass is 19.4. The summed E-state index contributed by atoms with van der Waals surface area (Å²) in [5, 5.41) is 11.1. The summed E-state index contributed by atoms with van der Waals surface area (Å²) in [7, 11) is 0. The van der Waals surface area contributed by atoms with Crippen LogP contribution in [-0.2, 0) is 12.7 Å². The fourth-order valence-corrected chi connectivity index (χ4v) is 3.56. The van der Waals surface area contributed by atoms with Crippen LogP contribution in [0.2, 0.25) is 0 Å². The van der Waals surface area contributed by atoms with E-state index in [0.29, 0.717) is 11.3 Å². The second kappa shape index (κ2) is 8.93. The van der Waals surface area contributed by atoms with Crippen LogP contribution in [0.4, 0.5) is 13.2 Å². The lowest BCUT2D eigenvalue weighted by molar-refractivity contribution is -0.145. The molecule has 6 nitrogen and oxygen atoms in total. The molecule has 0 saturated heterocycles. The number of nitrogens with zero attached hydrogens (tertiary/aromatic N) is 4. The van der Waals surface area contributed by atoms with Crippen LogP contribution in [0.1, 0.15) is 41.5 Å². The van der Waals surface area contributed by atoms with E-state index in [1.807, 2.05) is 60.7 Å². The molecule has 0 fully saturated rings.